The molecule has 3 heterocycles. The lowest BCUT2D eigenvalue weighted by molar-refractivity contribution is -0.132. The highest BCUT2D eigenvalue weighted by atomic mass is 16.2. The first-order valence-corrected chi connectivity index (χ1v) is 8.65. The van der Waals surface area contributed by atoms with Crippen molar-refractivity contribution in [3.05, 3.63) is 66.7 Å². The number of hydrogen-bond acceptors (Lipinski definition) is 3. The second-order valence-corrected chi connectivity index (χ2v) is 6.42. The zero-order chi connectivity index (χ0) is 17.1. The molecule has 6 nitrogen and oxygen atoms in total. The number of carbonyl (C=O) groups excluding carboxylic acids is 1. The van der Waals surface area contributed by atoms with Crippen LogP contribution in [-0.4, -0.2) is 43.5 Å². The Balaban J connectivity index is 1.39. The van der Waals surface area contributed by atoms with E-state index in [2.05, 4.69) is 10.2 Å². The highest BCUT2D eigenvalue weighted by Crippen LogP contribution is 2.21. The Morgan fingerprint density at radius 2 is 1.88 bits per heavy atom. The minimum Gasteiger partial charge on any atom is -0.340 e. The van der Waals surface area contributed by atoms with Crippen LogP contribution in [0.4, 0.5) is 0 Å². The third kappa shape index (κ3) is 3.47. The van der Waals surface area contributed by atoms with Crippen molar-refractivity contribution in [3.8, 4) is 5.69 Å². The van der Waals surface area contributed by atoms with Crippen LogP contribution in [0.2, 0.25) is 0 Å². The number of likely N-dealkylation sites (tertiary alicyclic amines) is 1. The van der Waals surface area contributed by atoms with Crippen LogP contribution >= 0.6 is 0 Å². The number of hydrogen-bond donors (Lipinski definition) is 0. The molecule has 0 bridgehead atoms. The molecule has 2 aromatic heterocycles. The molecule has 1 atom stereocenters. The Kier molecular flexibility index (Phi) is 4.33. The highest BCUT2D eigenvalue weighted by molar-refractivity contribution is 5.79. The molecule has 0 spiro atoms. The van der Waals surface area contributed by atoms with E-state index in [0.29, 0.717) is 6.42 Å². The van der Waals surface area contributed by atoms with Gasteiger partial charge in [-0.15, -0.1) is 0 Å². The summed E-state index contributed by atoms with van der Waals surface area (Å²) in [5.41, 5.74) is 2.03. The van der Waals surface area contributed by atoms with Gasteiger partial charge < -0.3 is 4.90 Å². The number of aromatic nitrogens is 4. The lowest BCUT2D eigenvalue weighted by Crippen LogP contribution is -2.41. The van der Waals surface area contributed by atoms with Gasteiger partial charge in [-0.25, -0.2) is 4.68 Å². The van der Waals surface area contributed by atoms with Crippen LogP contribution in [0.15, 0.2) is 61.2 Å². The summed E-state index contributed by atoms with van der Waals surface area (Å²) in [6, 6.07) is 12.1. The van der Waals surface area contributed by atoms with Gasteiger partial charge in [0.25, 0.3) is 0 Å². The number of carbonyl (C=O) groups is 1. The van der Waals surface area contributed by atoms with Crippen LogP contribution in [0.3, 0.4) is 0 Å². The van der Waals surface area contributed by atoms with E-state index in [1.807, 2.05) is 63.1 Å². The Morgan fingerprint density at radius 3 is 2.60 bits per heavy atom. The molecule has 0 N–H and O–H groups in total. The summed E-state index contributed by atoms with van der Waals surface area (Å²) < 4.78 is 3.78. The Morgan fingerprint density at radius 1 is 1.08 bits per heavy atom. The monoisotopic (exact) mass is 335 g/mol. The van der Waals surface area contributed by atoms with E-state index in [9.17, 15) is 4.79 Å². The number of amides is 1. The zero-order valence-electron chi connectivity index (χ0n) is 14.0. The molecule has 0 saturated carbocycles. The molecule has 1 fully saturated rings. The fraction of sp³-hybridized carbons (Fsp3) is 0.316. The predicted molar refractivity (Wildman–Crippen MR) is 94.3 cm³/mol. The largest absolute Gasteiger partial charge is 0.340 e. The average molecular weight is 335 g/mol. The van der Waals surface area contributed by atoms with Gasteiger partial charge in [0.15, 0.2) is 0 Å². The van der Waals surface area contributed by atoms with Gasteiger partial charge in [-0.3, -0.25) is 9.48 Å². The van der Waals surface area contributed by atoms with Crippen LogP contribution in [-0.2, 0) is 11.2 Å². The fourth-order valence-corrected chi connectivity index (χ4v) is 3.37. The van der Waals surface area contributed by atoms with E-state index in [1.54, 1.807) is 12.4 Å². The zero-order valence-corrected chi connectivity index (χ0v) is 14.0. The summed E-state index contributed by atoms with van der Waals surface area (Å²) >= 11 is 0. The minimum atomic E-state index is 0.184. The first-order chi connectivity index (χ1) is 12.3. The van der Waals surface area contributed by atoms with Crippen LogP contribution in [0.25, 0.3) is 5.69 Å². The molecule has 3 aromatic rings. The topological polar surface area (TPSA) is 56.0 Å². The molecule has 25 heavy (non-hydrogen) atoms. The number of benzene rings is 1. The van der Waals surface area contributed by atoms with Crippen LogP contribution in [0, 0.1) is 0 Å². The smallest absolute Gasteiger partial charge is 0.227 e. The van der Waals surface area contributed by atoms with Crippen molar-refractivity contribution in [2.75, 3.05) is 13.1 Å². The molecular weight excluding hydrogens is 314 g/mol. The van der Waals surface area contributed by atoms with Crippen LogP contribution in [0.1, 0.15) is 24.4 Å². The van der Waals surface area contributed by atoms with Gasteiger partial charge in [0.1, 0.15) is 0 Å². The van der Waals surface area contributed by atoms with Crippen molar-refractivity contribution < 1.29 is 4.79 Å². The van der Waals surface area contributed by atoms with E-state index in [1.165, 1.54) is 0 Å². The molecule has 1 saturated heterocycles. The molecule has 6 heteroatoms. The van der Waals surface area contributed by atoms with Gasteiger partial charge >= 0.3 is 0 Å². The first-order valence-electron chi connectivity index (χ1n) is 8.65. The van der Waals surface area contributed by atoms with Crippen molar-refractivity contribution in [1.29, 1.82) is 0 Å². The third-order valence-electron chi connectivity index (χ3n) is 4.71. The number of piperidine rings is 1. The molecule has 1 aliphatic rings. The molecule has 4 rings (SSSR count). The number of rotatable bonds is 4. The van der Waals surface area contributed by atoms with E-state index in [-0.39, 0.29) is 11.9 Å². The minimum absolute atomic E-state index is 0.184. The van der Waals surface area contributed by atoms with E-state index < -0.39 is 0 Å². The Bertz CT molecular complexity index is 808. The summed E-state index contributed by atoms with van der Waals surface area (Å²) in [5.74, 6) is 0.184. The van der Waals surface area contributed by atoms with Gasteiger partial charge in [-0.2, -0.15) is 10.2 Å². The maximum atomic E-state index is 12.7. The van der Waals surface area contributed by atoms with Gasteiger partial charge in [0.05, 0.1) is 18.2 Å². The fourth-order valence-electron chi connectivity index (χ4n) is 3.37. The highest BCUT2D eigenvalue weighted by Gasteiger charge is 2.24. The summed E-state index contributed by atoms with van der Waals surface area (Å²) in [6.45, 7) is 1.58. The summed E-state index contributed by atoms with van der Waals surface area (Å²) in [6.07, 6.45) is 9.96. The summed E-state index contributed by atoms with van der Waals surface area (Å²) in [7, 11) is 0. The predicted octanol–water partition coefficient (Wildman–Crippen LogP) is 2.48. The standard InChI is InChI=1S/C19H21N5O/c25-19(22-11-1-4-18(15-22)24-13-3-10-21-24)14-16-5-7-17(8-6-16)23-12-2-9-20-23/h2-3,5-10,12-13,18H,1,4,11,14-15H2/t18-/m1/s1. The van der Waals surface area contributed by atoms with Crippen molar-refractivity contribution in [3.63, 3.8) is 0 Å². The van der Waals surface area contributed by atoms with Gasteiger partial charge in [-0.05, 0) is 42.7 Å². The quantitative estimate of drug-likeness (QED) is 0.736. The molecular formula is C19H21N5O. The van der Waals surface area contributed by atoms with E-state index in [0.717, 1.165) is 37.2 Å². The van der Waals surface area contributed by atoms with E-state index in [4.69, 9.17) is 0 Å². The molecule has 0 radical (unpaired) electrons. The maximum Gasteiger partial charge on any atom is 0.227 e. The van der Waals surface area contributed by atoms with Gasteiger partial charge in [-0.1, -0.05) is 12.1 Å². The van der Waals surface area contributed by atoms with Gasteiger partial charge in [0, 0.05) is 37.9 Å². The van der Waals surface area contributed by atoms with Crippen molar-refractivity contribution in [1.82, 2.24) is 24.5 Å². The Hall–Kier alpha value is -2.89. The molecule has 128 valence electrons. The molecule has 1 aliphatic heterocycles. The third-order valence-corrected chi connectivity index (χ3v) is 4.71. The molecule has 0 unspecified atom stereocenters. The summed E-state index contributed by atoms with van der Waals surface area (Å²) in [5, 5.41) is 8.54. The van der Waals surface area contributed by atoms with Crippen molar-refractivity contribution in [2.45, 2.75) is 25.3 Å². The lowest BCUT2D eigenvalue weighted by Gasteiger charge is -2.33. The summed E-state index contributed by atoms with van der Waals surface area (Å²) in [4.78, 5) is 14.6. The molecule has 0 aliphatic carbocycles. The average Bonchev–Trinajstić information content (AvgIpc) is 3.36. The van der Waals surface area contributed by atoms with Crippen molar-refractivity contribution in [2.24, 2.45) is 0 Å². The van der Waals surface area contributed by atoms with Crippen LogP contribution < -0.4 is 0 Å². The first kappa shape index (κ1) is 15.6. The van der Waals surface area contributed by atoms with Crippen molar-refractivity contribution >= 4 is 5.91 Å². The second-order valence-electron chi connectivity index (χ2n) is 6.42. The normalized spacial score (nSPS) is 17.6. The second kappa shape index (κ2) is 6.93. The lowest BCUT2D eigenvalue weighted by atomic mass is 10.0. The maximum absolute atomic E-state index is 12.7. The van der Waals surface area contributed by atoms with Crippen LogP contribution in [0.5, 0.6) is 0 Å². The number of nitrogens with zero attached hydrogens (tertiary/aromatic N) is 5. The Labute approximate surface area is 146 Å². The van der Waals surface area contributed by atoms with Gasteiger partial charge in [0.2, 0.25) is 5.91 Å². The molecule has 1 amide bonds. The molecule has 1 aromatic carbocycles. The SMILES string of the molecule is O=C(Cc1ccc(-n2cccn2)cc1)N1CCC[C@@H](n2cccn2)C1. The van der Waals surface area contributed by atoms with E-state index >= 15 is 0 Å².